The van der Waals surface area contributed by atoms with E-state index in [1.807, 2.05) is 4.98 Å². The van der Waals surface area contributed by atoms with Gasteiger partial charge in [-0.25, -0.2) is 4.98 Å². The first-order chi connectivity index (χ1) is 15.7. The van der Waals surface area contributed by atoms with Crippen molar-refractivity contribution in [2.75, 3.05) is 6.61 Å². The molecular weight excluding hydrogens is 499 g/mol. The van der Waals surface area contributed by atoms with E-state index in [-0.39, 0.29) is 35.3 Å². The van der Waals surface area contributed by atoms with Crippen LogP contribution in [-0.2, 0) is 18.6 Å². The van der Waals surface area contributed by atoms with Crippen molar-refractivity contribution in [2.24, 2.45) is 0 Å². The van der Waals surface area contributed by atoms with Crippen molar-refractivity contribution in [1.29, 1.82) is 0 Å². The quantitative estimate of drug-likeness (QED) is 0.183. The maximum Gasteiger partial charge on any atom is 0.362 e. The zero-order valence-corrected chi connectivity index (χ0v) is 20.1. The standard InChI is InChI=1S/C19H24F2N3O8PS/c1-4-18(2,32-33(28,29)19(3)7-30-19)5-9-12(26)13(27)16(31-9)24-6-8-11(25)10(20)14(21)22-15(8)23-17(24)34/h6,9,12-13,16,26-27H,4-5,7H2,1-3H3,(H,28,29)(H,22,23,34). The molecule has 2 aromatic rings. The molecule has 4 N–H and O–H groups in total. The van der Waals surface area contributed by atoms with Crippen molar-refractivity contribution in [2.45, 2.75) is 69.1 Å². The zero-order chi connectivity index (χ0) is 25.2. The summed E-state index contributed by atoms with van der Waals surface area (Å²) in [5.74, 6) is -3.13. The highest BCUT2D eigenvalue weighted by Crippen LogP contribution is 2.65. The normalized spacial score (nSPS) is 32.5. The number of aliphatic hydroxyl groups is 2. The summed E-state index contributed by atoms with van der Waals surface area (Å²) >= 11 is 5.15. The molecular formula is C19H24F2N3O8PS. The third kappa shape index (κ3) is 4.26. The summed E-state index contributed by atoms with van der Waals surface area (Å²) in [6.45, 7) is 4.81. The largest absolute Gasteiger partial charge is 0.388 e. The molecule has 2 saturated heterocycles. The third-order valence-electron chi connectivity index (χ3n) is 6.31. The number of fused-ring (bicyclic) bond motifs is 1. The first-order valence-corrected chi connectivity index (χ1v) is 12.4. The lowest BCUT2D eigenvalue weighted by Crippen LogP contribution is -2.39. The van der Waals surface area contributed by atoms with Gasteiger partial charge in [-0.3, -0.25) is 13.9 Å². The van der Waals surface area contributed by atoms with Crippen LogP contribution in [0.2, 0.25) is 0 Å². The monoisotopic (exact) mass is 523 g/mol. The molecule has 7 atom stereocenters. The average Bonchev–Trinajstić information content (AvgIpc) is 3.47. The first-order valence-electron chi connectivity index (χ1n) is 10.4. The number of nitrogens with zero attached hydrogens (tertiary/aromatic N) is 2. The van der Waals surface area contributed by atoms with Crippen LogP contribution in [0.15, 0.2) is 11.0 Å². The molecule has 2 aliphatic rings. The Labute approximate surface area is 196 Å². The van der Waals surface area contributed by atoms with E-state index in [9.17, 15) is 33.2 Å². The van der Waals surface area contributed by atoms with E-state index in [1.165, 1.54) is 6.92 Å². The van der Waals surface area contributed by atoms with Crippen molar-refractivity contribution in [3.63, 3.8) is 0 Å². The lowest BCUT2D eigenvalue weighted by molar-refractivity contribution is -0.0679. The molecule has 0 radical (unpaired) electrons. The van der Waals surface area contributed by atoms with Crippen LogP contribution in [0.1, 0.15) is 39.8 Å². The summed E-state index contributed by atoms with van der Waals surface area (Å²) in [5.41, 5.74) is -2.80. The molecule has 4 heterocycles. The number of pyridine rings is 1. The number of nitrogens with one attached hydrogen (secondary N) is 1. The van der Waals surface area contributed by atoms with E-state index in [0.29, 0.717) is 0 Å². The highest BCUT2D eigenvalue weighted by atomic mass is 32.1. The van der Waals surface area contributed by atoms with Crippen LogP contribution in [0.4, 0.5) is 8.78 Å². The van der Waals surface area contributed by atoms with Gasteiger partial charge in [-0.2, -0.15) is 8.78 Å². The van der Waals surface area contributed by atoms with E-state index in [0.717, 1.165) is 10.8 Å². The Morgan fingerprint density at radius 1 is 1.44 bits per heavy atom. The number of epoxide rings is 1. The average molecular weight is 523 g/mol. The van der Waals surface area contributed by atoms with Crippen molar-refractivity contribution in [1.82, 2.24) is 14.5 Å². The van der Waals surface area contributed by atoms with Gasteiger partial charge in [-0.15, -0.1) is 0 Å². The molecule has 4 rings (SSSR count). The van der Waals surface area contributed by atoms with Gasteiger partial charge in [0.2, 0.25) is 22.0 Å². The minimum absolute atomic E-state index is 0.0702. The number of aliphatic hydroxyl groups excluding tert-OH is 2. The Hall–Kier alpha value is -1.64. The topological polar surface area (TPSA) is 159 Å². The van der Waals surface area contributed by atoms with Gasteiger partial charge < -0.3 is 34.1 Å². The fourth-order valence-corrected chi connectivity index (χ4v) is 5.38. The lowest BCUT2D eigenvalue weighted by Gasteiger charge is -2.34. The van der Waals surface area contributed by atoms with Crippen LogP contribution in [0.5, 0.6) is 0 Å². The lowest BCUT2D eigenvalue weighted by atomic mass is 9.93. The summed E-state index contributed by atoms with van der Waals surface area (Å²) in [5, 5.41) is 19.6. The number of hydrogen-bond donors (Lipinski definition) is 4. The third-order valence-corrected chi connectivity index (χ3v) is 8.76. The Bertz CT molecular complexity index is 1300. The number of aromatic amines is 1. The summed E-state index contributed by atoms with van der Waals surface area (Å²) in [4.78, 5) is 28.4. The molecule has 0 aliphatic carbocycles. The van der Waals surface area contributed by atoms with Crippen LogP contribution in [-0.4, -0.2) is 65.5 Å². The highest BCUT2D eigenvalue weighted by Gasteiger charge is 2.59. The van der Waals surface area contributed by atoms with E-state index in [4.69, 9.17) is 26.2 Å². The predicted molar refractivity (Wildman–Crippen MR) is 116 cm³/mol. The van der Waals surface area contributed by atoms with Crippen molar-refractivity contribution < 1.29 is 42.4 Å². The fraction of sp³-hybridized carbons (Fsp3) is 0.632. The molecule has 34 heavy (non-hydrogen) atoms. The molecule has 0 bridgehead atoms. The van der Waals surface area contributed by atoms with Crippen molar-refractivity contribution in [3.8, 4) is 0 Å². The van der Waals surface area contributed by atoms with Gasteiger partial charge in [0.25, 0.3) is 0 Å². The Kier molecular flexibility index (Phi) is 6.35. The second kappa shape index (κ2) is 8.49. The van der Waals surface area contributed by atoms with Gasteiger partial charge in [-0.1, -0.05) is 6.92 Å². The predicted octanol–water partition coefficient (Wildman–Crippen LogP) is 1.86. The summed E-state index contributed by atoms with van der Waals surface area (Å²) in [6.07, 6.45) is -4.19. The van der Waals surface area contributed by atoms with Crippen LogP contribution < -0.4 is 5.43 Å². The van der Waals surface area contributed by atoms with Crippen LogP contribution in [0.3, 0.4) is 0 Å². The Morgan fingerprint density at radius 2 is 2.09 bits per heavy atom. The second-order valence-corrected chi connectivity index (χ2v) is 11.4. The molecule has 15 heteroatoms. The number of H-pyrrole nitrogens is 1. The van der Waals surface area contributed by atoms with E-state index < -0.39 is 60.3 Å². The molecule has 0 spiro atoms. The molecule has 0 aromatic carbocycles. The molecule has 188 valence electrons. The van der Waals surface area contributed by atoms with E-state index >= 15 is 0 Å². The van der Waals surface area contributed by atoms with E-state index in [2.05, 4.69) is 4.98 Å². The minimum Gasteiger partial charge on any atom is -0.388 e. The van der Waals surface area contributed by atoms with Gasteiger partial charge in [0.05, 0.1) is 23.7 Å². The summed E-state index contributed by atoms with van der Waals surface area (Å²) < 4.78 is 57.2. The number of halogens is 2. The van der Waals surface area contributed by atoms with Crippen LogP contribution in [0.25, 0.3) is 11.0 Å². The number of ether oxygens (including phenoxy) is 2. The molecule has 2 aliphatic heterocycles. The maximum absolute atomic E-state index is 13.8. The van der Waals surface area contributed by atoms with Crippen molar-refractivity contribution >= 4 is 30.8 Å². The fourth-order valence-electron chi connectivity index (χ4n) is 3.75. The zero-order valence-electron chi connectivity index (χ0n) is 18.4. The molecule has 0 amide bonds. The van der Waals surface area contributed by atoms with E-state index in [1.54, 1.807) is 13.8 Å². The number of rotatable bonds is 7. The number of aromatic nitrogens is 3. The van der Waals surface area contributed by atoms with Crippen molar-refractivity contribution in [3.05, 3.63) is 33.0 Å². The first kappa shape index (κ1) is 25.5. The summed E-state index contributed by atoms with van der Waals surface area (Å²) in [7, 11) is -4.18. The smallest absolute Gasteiger partial charge is 0.362 e. The van der Waals surface area contributed by atoms with Gasteiger partial charge in [0.1, 0.15) is 17.9 Å². The minimum atomic E-state index is -4.18. The molecule has 2 fully saturated rings. The molecule has 0 saturated carbocycles. The van der Waals surface area contributed by atoms with Crippen LogP contribution >= 0.6 is 19.8 Å². The molecule has 2 aromatic heterocycles. The Balaban J connectivity index is 1.62. The molecule has 7 unspecified atom stereocenters. The highest BCUT2D eigenvalue weighted by molar-refractivity contribution is 7.71. The second-order valence-electron chi connectivity index (χ2n) is 8.90. The SMILES string of the molecule is CCC(C)(CC1OC(n2cc3c(=O)c(F)c(F)[nH]c3nc2=S)C(O)C1O)OP(=O)(O)C1(C)CO1. The van der Waals surface area contributed by atoms with Gasteiger partial charge in [0.15, 0.2) is 11.6 Å². The maximum atomic E-state index is 13.8. The number of hydrogen-bond acceptors (Lipinski definition) is 9. The Morgan fingerprint density at radius 3 is 2.68 bits per heavy atom. The van der Waals surface area contributed by atoms with Gasteiger partial charge in [0, 0.05) is 12.6 Å². The van der Waals surface area contributed by atoms with Gasteiger partial charge >= 0.3 is 7.60 Å². The van der Waals surface area contributed by atoms with Gasteiger partial charge in [-0.05, 0) is 32.5 Å². The summed E-state index contributed by atoms with van der Waals surface area (Å²) in [6, 6.07) is 0. The van der Waals surface area contributed by atoms with Crippen LogP contribution in [0, 0.1) is 16.5 Å². The molecule has 11 nitrogen and oxygen atoms in total.